The smallest absolute Gasteiger partial charge is 0.255 e. The van der Waals surface area contributed by atoms with Crippen LogP contribution >= 0.6 is 23.2 Å². The maximum absolute atomic E-state index is 11.7. The summed E-state index contributed by atoms with van der Waals surface area (Å²) in [6.07, 6.45) is 2.00. The maximum Gasteiger partial charge on any atom is 0.255 e. The van der Waals surface area contributed by atoms with Crippen LogP contribution in [0.25, 0.3) is 11.1 Å². The quantitative estimate of drug-likeness (QED) is 0.850. The molecule has 0 atom stereocenters. The van der Waals surface area contributed by atoms with Crippen LogP contribution < -0.4 is 5.56 Å². The Balaban J connectivity index is 2.71. The van der Waals surface area contributed by atoms with Crippen molar-refractivity contribution in [3.63, 3.8) is 0 Å². The second-order valence-electron chi connectivity index (χ2n) is 3.42. The average molecular weight is 268 g/mol. The zero-order valence-corrected chi connectivity index (χ0v) is 10.0. The molecule has 0 saturated carbocycles. The van der Waals surface area contributed by atoms with E-state index in [0.29, 0.717) is 33.0 Å². The van der Waals surface area contributed by atoms with Gasteiger partial charge >= 0.3 is 0 Å². The Bertz CT molecular complexity index is 635. The molecule has 0 saturated heterocycles. The number of hydrogen-bond donors (Lipinski definition) is 1. The lowest BCUT2D eigenvalue weighted by Gasteiger charge is -2.04. The first-order valence-corrected chi connectivity index (χ1v) is 5.51. The number of aromatic amines is 1. The highest BCUT2D eigenvalue weighted by atomic mass is 35.5. The van der Waals surface area contributed by atoms with Crippen LogP contribution in [0.1, 0.15) is 10.4 Å². The fraction of sp³-hybridized carbons (Fsp3) is 0. The van der Waals surface area contributed by atoms with E-state index in [9.17, 15) is 9.59 Å². The van der Waals surface area contributed by atoms with Gasteiger partial charge in [0.2, 0.25) is 0 Å². The molecule has 0 bridgehead atoms. The van der Waals surface area contributed by atoms with Crippen molar-refractivity contribution in [3.05, 3.63) is 56.4 Å². The molecule has 17 heavy (non-hydrogen) atoms. The lowest BCUT2D eigenvalue weighted by atomic mass is 10.1. The van der Waals surface area contributed by atoms with Crippen LogP contribution in [0.3, 0.4) is 0 Å². The van der Waals surface area contributed by atoms with Crippen LogP contribution in [-0.4, -0.2) is 11.3 Å². The van der Waals surface area contributed by atoms with Crippen LogP contribution in [-0.2, 0) is 0 Å². The number of aromatic nitrogens is 1. The molecule has 0 spiro atoms. The van der Waals surface area contributed by atoms with Crippen LogP contribution in [0, 0.1) is 0 Å². The molecule has 0 aliphatic rings. The van der Waals surface area contributed by atoms with Crippen LogP contribution in [0.4, 0.5) is 0 Å². The zero-order chi connectivity index (χ0) is 12.4. The Morgan fingerprint density at radius 3 is 2.59 bits per heavy atom. The molecule has 0 radical (unpaired) electrons. The third-order valence-electron chi connectivity index (χ3n) is 2.28. The van der Waals surface area contributed by atoms with E-state index in [1.807, 2.05) is 0 Å². The molecule has 0 amide bonds. The summed E-state index contributed by atoms with van der Waals surface area (Å²) in [4.78, 5) is 24.8. The van der Waals surface area contributed by atoms with Gasteiger partial charge in [-0.25, -0.2) is 0 Å². The van der Waals surface area contributed by atoms with Gasteiger partial charge in [0.05, 0.1) is 0 Å². The lowest BCUT2D eigenvalue weighted by molar-refractivity contribution is 0.112. The van der Waals surface area contributed by atoms with Gasteiger partial charge in [-0.05, 0) is 24.3 Å². The lowest BCUT2D eigenvalue weighted by Crippen LogP contribution is -2.09. The summed E-state index contributed by atoms with van der Waals surface area (Å²) in [5, 5.41) is 0.878. The third kappa shape index (κ3) is 2.40. The standard InChI is InChI=1S/C12H7Cl2NO2/c13-8-1-2-11(14)9(4-8)10-3-7(6-16)5-15-12(10)17/h1-6H,(H,15,17). The maximum atomic E-state index is 11.7. The van der Waals surface area contributed by atoms with Crippen molar-refractivity contribution in [2.45, 2.75) is 0 Å². The topological polar surface area (TPSA) is 49.9 Å². The number of hydrogen-bond acceptors (Lipinski definition) is 2. The van der Waals surface area contributed by atoms with Crippen LogP contribution in [0.15, 0.2) is 35.3 Å². The summed E-state index contributed by atoms with van der Waals surface area (Å²) in [5.74, 6) is 0. The van der Waals surface area contributed by atoms with E-state index in [2.05, 4.69) is 4.98 Å². The second-order valence-corrected chi connectivity index (χ2v) is 4.26. The molecule has 1 aromatic heterocycles. The van der Waals surface area contributed by atoms with Crippen molar-refractivity contribution in [2.24, 2.45) is 0 Å². The number of carbonyl (C=O) groups excluding carboxylic acids is 1. The summed E-state index contributed by atoms with van der Waals surface area (Å²) >= 11 is 11.9. The third-order valence-corrected chi connectivity index (χ3v) is 2.84. The first-order chi connectivity index (χ1) is 8.11. The summed E-state index contributed by atoms with van der Waals surface area (Å²) in [7, 11) is 0. The summed E-state index contributed by atoms with van der Waals surface area (Å²) in [6.45, 7) is 0. The van der Waals surface area contributed by atoms with Crippen molar-refractivity contribution in [3.8, 4) is 11.1 Å². The number of benzene rings is 1. The molecule has 0 aliphatic carbocycles. The minimum atomic E-state index is -0.320. The fourth-order valence-corrected chi connectivity index (χ4v) is 1.86. The van der Waals surface area contributed by atoms with E-state index < -0.39 is 0 Å². The van der Waals surface area contributed by atoms with Gasteiger partial charge in [-0.3, -0.25) is 9.59 Å². The molecule has 1 aromatic carbocycles. The van der Waals surface area contributed by atoms with E-state index in [4.69, 9.17) is 23.2 Å². The molecule has 0 aliphatic heterocycles. The highest BCUT2D eigenvalue weighted by molar-refractivity contribution is 6.35. The van der Waals surface area contributed by atoms with E-state index in [1.165, 1.54) is 12.3 Å². The van der Waals surface area contributed by atoms with E-state index >= 15 is 0 Å². The van der Waals surface area contributed by atoms with Gasteiger partial charge in [0.25, 0.3) is 5.56 Å². The molecule has 3 nitrogen and oxygen atoms in total. The number of carbonyl (C=O) groups is 1. The predicted octanol–water partition coefficient (Wildman–Crippen LogP) is 3.16. The summed E-state index contributed by atoms with van der Waals surface area (Å²) in [6, 6.07) is 6.30. The Labute approximate surface area is 107 Å². The van der Waals surface area contributed by atoms with E-state index in [-0.39, 0.29) is 5.56 Å². The first kappa shape index (κ1) is 11.9. The van der Waals surface area contributed by atoms with Crippen molar-refractivity contribution in [2.75, 3.05) is 0 Å². The predicted molar refractivity (Wildman–Crippen MR) is 67.9 cm³/mol. The summed E-state index contributed by atoms with van der Waals surface area (Å²) in [5.41, 5.74) is 0.877. The molecule has 1 N–H and O–H groups in total. The van der Waals surface area contributed by atoms with Crippen molar-refractivity contribution in [1.82, 2.24) is 4.98 Å². The van der Waals surface area contributed by atoms with Crippen molar-refractivity contribution < 1.29 is 4.79 Å². The van der Waals surface area contributed by atoms with Gasteiger partial charge in [0.15, 0.2) is 6.29 Å². The molecular formula is C12H7Cl2NO2. The molecule has 0 unspecified atom stereocenters. The molecule has 2 aromatic rings. The van der Waals surface area contributed by atoms with Crippen molar-refractivity contribution >= 4 is 29.5 Å². The van der Waals surface area contributed by atoms with Gasteiger partial charge < -0.3 is 4.98 Å². The minimum absolute atomic E-state index is 0.320. The van der Waals surface area contributed by atoms with Crippen LogP contribution in [0.2, 0.25) is 10.0 Å². The molecule has 1 heterocycles. The van der Waals surface area contributed by atoms with E-state index in [1.54, 1.807) is 18.2 Å². The SMILES string of the molecule is O=Cc1c[nH]c(=O)c(-c2cc(Cl)ccc2Cl)c1. The largest absolute Gasteiger partial charge is 0.328 e. The Kier molecular flexibility index (Phi) is 3.31. The highest BCUT2D eigenvalue weighted by Gasteiger charge is 2.09. The molecule has 86 valence electrons. The number of pyridine rings is 1. The van der Waals surface area contributed by atoms with Gasteiger partial charge in [-0.1, -0.05) is 23.2 Å². The summed E-state index contributed by atoms with van der Waals surface area (Å²) < 4.78 is 0. The highest BCUT2D eigenvalue weighted by Crippen LogP contribution is 2.28. The number of aldehydes is 1. The molecule has 5 heteroatoms. The van der Waals surface area contributed by atoms with Crippen LogP contribution in [0.5, 0.6) is 0 Å². The number of H-pyrrole nitrogens is 1. The molecule has 0 fully saturated rings. The number of rotatable bonds is 2. The normalized spacial score (nSPS) is 10.2. The van der Waals surface area contributed by atoms with Gasteiger partial charge in [-0.2, -0.15) is 0 Å². The van der Waals surface area contributed by atoms with E-state index in [0.717, 1.165) is 0 Å². The van der Waals surface area contributed by atoms with Gasteiger partial charge in [0, 0.05) is 32.9 Å². The monoisotopic (exact) mass is 267 g/mol. The minimum Gasteiger partial charge on any atom is -0.328 e. The number of nitrogens with one attached hydrogen (secondary N) is 1. The van der Waals surface area contributed by atoms with Gasteiger partial charge in [0.1, 0.15) is 0 Å². The molecule has 2 rings (SSSR count). The van der Waals surface area contributed by atoms with Crippen molar-refractivity contribution in [1.29, 1.82) is 0 Å². The number of halogens is 2. The Morgan fingerprint density at radius 1 is 1.12 bits per heavy atom. The van der Waals surface area contributed by atoms with Gasteiger partial charge in [-0.15, -0.1) is 0 Å². The average Bonchev–Trinajstić information content (AvgIpc) is 2.33. The second kappa shape index (κ2) is 4.73. The first-order valence-electron chi connectivity index (χ1n) is 4.75. The zero-order valence-electron chi connectivity index (χ0n) is 8.54. The Hall–Kier alpha value is -1.58. The molecular weight excluding hydrogens is 261 g/mol. The fourth-order valence-electron chi connectivity index (χ4n) is 1.47. The Morgan fingerprint density at radius 2 is 1.88 bits per heavy atom.